The minimum atomic E-state index is -0.502. The van der Waals surface area contributed by atoms with Crippen LogP contribution in [0.3, 0.4) is 0 Å². The van der Waals surface area contributed by atoms with Crippen LogP contribution in [0.15, 0.2) is 42.9 Å². The summed E-state index contributed by atoms with van der Waals surface area (Å²) in [5, 5.41) is 28.7. The molecule has 4 aromatic rings. The van der Waals surface area contributed by atoms with E-state index in [-0.39, 0.29) is 12.3 Å². The summed E-state index contributed by atoms with van der Waals surface area (Å²) >= 11 is 0. The lowest BCUT2D eigenvalue weighted by atomic mass is 9.68. The van der Waals surface area contributed by atoms with E-state index in [1.165, 1.54) is 0 Å². The summed E-state index contributed by atoms with van der Waals surface area (Å²) in [6, 6.07) is 12.5. The summed E-state index contributed by atoms with van der Waals surface area (Å²) in [6.45, 7) is 1.91. The molecule has 0 aliphatic heterocycles. The molecule has 8 nitrogen and oxygen atoms in total. The number of nitriles is 2. The highest BCUT2D eigenvalue weighted by Gasteiger charge is 2.48. The van der Waals surface area contributed by atoms with Crippen LogP contribution in [0.1, 0.15) is 25.1 Å². The van der Waals surface area contributed by atoms with E-state index in [4.69, 9.17) is 5.10 Å². The fourth-order valence-corrected chi connectivity index (χ4v) is 4.20. The summed E-state index contributed by atoms with van der Waals surface area (Å²) in [5.74, 6) is 0.790. The van der Waals surface area contributed by atoms with Crippen LogP contribution in [0, 0.1) is 35.5 Å². The van der Waals surface area contributed by atoms with Crippen LogP contribution in [-0.4, -0.2) is 29.9 Å². The number of imidazole rings is 1. The molecule has 30 heavy (non-hydrogen) atoms. The molecule has 1 fully saturated rings. The van der Waals surface area contributed by atoms with Gasteiger partial charge < -0.3 is 4.98 Å². The van der Waals surface area contributed by atoms with Crippen molar-refractivity contribution in [2.75, 3.05) is 0 Å². The maximum atomic E-state index is 9.30. The minimum absolute atomic E-state index is 0.0518. The van der Waals surface area contributed by atoms with Crippen molar-refractivity contribution < 1.29 is 0 Å². The van der Waals surface area contributed by atoms with Gasteiger partial charge in [0.15, 0.2) is 0 Å². The van der Waals surface area contributed by atoms with Gasteiger partial charge in [0, 0.05) is 28.9 Å². The number of aryl methyl sites for hydroxylation is 1. The van der Waals surface area contributed by atoms with Crippen molar-refractivity contribution in [2.45, 2.75) is 31.7 Å². The molecule has 3 heterocycles. The number of hydrogen-bond acceptors (Lipinski definition) is 6. The van der Waals surface area contributed by atoms with Crippen molar-refractivity contribution in [3.05, 3.63) is 48.7 Å². The van der Waals surface area contributed by atoms with Gasteiger partial charge in [0.05, 0.1) is 47.4 Å². The van der Waals surface area contributed by atoms with Crippen molar-refractivity contribution >= 4 is 10.9 Å². The Kier molecular flexibility index (Phi) is 4.07. The van der Waals surface area contributed by atoms with Crippen LogP contribution in [-0.2, 0) is 5.54 Å². The van der Waals surface area contributed by atoms with Crippen LogP contribution in [0.25, 0.3) is 33.4 Å². The molecule has 0 radical (unpaired) electrons. The SMILES string of the molecule is Cc1nc(-c2cc(-c3cnn([C@]4(CC#N)C[C@H](C#N)C4)n3)c3cccnc3c2)c[nH]1. The highest BCUT2D eigenvalue weighted by molar-refractivity contribution is 5.96. The van der Waals surface area contributed by atoms with E-state index < -0.39 is 5.54 Å². The second-order valence-electron chi connectivity index (χ2n) is 7.78. The molecule has 0 bridgehead atoms. The Morgan fingerprint density at radius 2 is 2.13 bits per heavy atom. The molecule has 3 aromatic heterocycles. The third kappa shape index (κ3) is 2.82. The number of aromatic amines is 1. The van der Waals surface area contributed by atoms with E-state index in [0.29, 0.717) is 18.5 Å². The number of nitrogens with zero attached hydrogens (tertiary/aromatic N) is 7. The van der Waals surface area contributed by atoms with Gasteiger partial charge in [-0.1, -0.05) is 6.07 Å². The monoisotopic (exact) mass is 394 g/mol. The highest BCUT2D eigenvalue weighted by atomic mass is 15.5. The third-order valence-electron chi connectivity index (χ3n) is 5.76. The Hall–Kier alpha value is -4.04. The van der Waals surface area contributed by atoms with Crippen molar-refractivity contribution in [3.8, 4) is 34.7 Å². The first-order chi connectivity index (χ1) is 14.6. The second-order valence-corrected chi connectivity index (χ2v) is 7.78. The van der Waals surface area contributed by atoms with Gasteiger partial charge in [-0.05, 0) is 38.0 Å². The number of fused-ring (bicyclic) bond motifs is 1. The molecule has 8 heteroatoms. The first-order valence-electron chi connectivity index (χ1n) is 9.73. The van der Waals surface area contributed by atoms with Gasteiger partial charge >= 0.3 is 0 Å². The van der Waals surface area contributed by atoms with E-state index in [1.54, 1.807) is 17.2 Å². The van der Waals surface area contributed by atoms with Crippen LogP contribution in [0.2, 0.25) is 0 Å². The van der Waals surface area contributed by atoms with E-state index in [9.17, 15) is 10.5 Å². The Labute approximate surface area is 172 Å². The Morgan fingerprint density at radius 1 is 1.27 bits per heavy atom. The molecule has 146 valence electrons. The zero-order valence-corrected chi connectivity index (χ0v) is 16.4. The van der Waals surface area contributed by atoms with Crippen LogP contribution in [0.4, 0.5) is 0 Å². The predicted molar refractivity (Wildman–Crippen MR) is 110 cm³/mol. The molecule has 0 spiro atoms. The van der Waals surface area contributed by atoms with Gasteiger partial charge in [-0.3, -0.25) is 4.98 Å². The molecule has 1 aliphatic rings. The maximum Gasteiger partial charge on any atom is 0.113 e. The lowest BCUT2D eigenvalue weighted by molar-refractivity contribution is 0.0713. The van der Waals surface area contributed by atoms with Gasteiger partial charge in [0.25, 0.3) is 0 Å². The summed E-state index contributed by atoms with van der Waals surface area (Å²) in [7, 11) is 0. The van der Waals surface area contributed by atoms with E-state index >= 15 is 0 Å². The second kappa shape index (κ2) is 6.78. The standard InChI is InChI=1S/C22H18N8/c1-14-26-12-20(28-14)16-7-18(17-3-2-6-25-19(17)8-16)21-13-27-30(29-21)22(4-5-23)9-15(10-22)11-24/h2-3,6-8,12-13,15H,4,9-10H2,1H3,(H,26,28)/t15-,22+. The number of nitrogens with one attached hydrogen (secondary N) is 1. The van der Waals surface area contributed by atoms with E-state index in [0.717, 1.165) is 33.5 Å². The number of H-pyrrole nitrogens is 1. The van der Waals surface area contributed by atoms with Crippen molar-refractivity contribution in [1.82, 2.24) is 29.9 Å². The van der Waals surface area contributed by atoms with E-state index in [1.807, 2.05) is 37.4 Å². The van der Waals surface area contributed by atoms with Gasteiger partial charge in [0.2, 0.25) is 0 Å². The summed E-state index contributed by atoms with van der Waals surface area (Å²) < 4.78 is 0. The zero-order valence-electron chi connectivity index (χ0n) is 16.4. The van der Waals surface area contributed by atoms with Crippen molar-refractivity contribution in [1.29, 1.82) is 10.5 Å². The number of rotatable bonds is 4. The molecule has 0 saturated heterocycles. The summed E-state index contributed by atoms with van der Waals surface area (Å²) in [5.41, 5.74) is 3.74. The number of hydrogen-bond donors (Lipinski definition) is 1. The van der Waals surface area contributed by atoms with E-state index in [2.05, 4.69) is 32.2 Å². The lowest BCUT2D eigenvalue weighted by Gasteiger charge is -2.42. The summed E-state index contributed by atoms with van der Waals surface area (Å²) in [4.78, 5) is 13.8. The molecule has 0 unspecified atom stereocenters. The molecule has 0 atom stereocenters. The lowest BCUT2D eigenvalue weighted by Crippen LogP contribution is -2.47. The topological polar surface area (TPSA) is 120 Å². The van der Waals surface area contributed by atoms with Gasteiger partial charge in [-0.25, -0.2) is 4.98 Å². The average Bonchev–Trinajstić information content (AvgIpc) is 3.39. The Bertz CT molecular complexity index is 1330. The minimum Gasteiger partial charge on any atom is -0.348 e. The zero-order chi connectivity index (χ0) is 20.7. The molecule has 5 rings (SSSR count). The van der Waals surface area contributed by atoms with Crippen molar-refractivity contribution in [3.63, 3.8) is 0 Å². The molecule has 1 aromatic carbocycles. The Morgan fingerprint density at radius 3 is 2.87 bits per heavy atom. The summed E-state index contributed by atoms with van der Waals surface area (Å²) in [6.07, 6.45) is 6.84. The van der Waals surface area contributed by atoms with Gasteiger partial charge in [-0.2, -0.15) is 25.5 Å². The molecule has 1 aliphatic carbocycles. The first-order valence-corrected chi connectivity index (χ1v) is 9.73. The molecule has 0 amide bonds. The molecular formula is C22H18N8. The number of pyridine rings is 1. The smallest absolute Gasteiger partial charge is 0.113 e. The molecule has 1 saturated carbocycles. The number of benzene rings is 1. The average molecular weight is 394 g/mol. The Balaban J connectivity index is 1.62. The molecule has 1 N–H and O–H groups in total. The first kappa shape index (κ1) is 18.0. The predicted octanol–water partition coefficient (Wildman–Crippen LogP) is 3.73. The number of aromatic nitrogens is 6. The fraction of sp³-hybridized carbons (Fsp3) is 0.273. The third-order valence-corrected chi connectivity index (χ3v) is 5.76. The van der Waals surface area contributed by atoms with Gasteiger partial charge in [-0.15, -0.1) is 0 Å². The molecular weight excluding hydrogens is 376 g/mol. The largest absolute Gasteiger partial charge is 0.348 e. The highest BCUT2D eigenvalue weighted by Crippen LogP contribution is 2.45. The van der Waals surface area contributed by atoms with Crippen LogP contribution in [0.5, 0.6) is 0 Å². The fourth-order valence-electron chi connectivity index (χ4n) is 4.20. The normalized spacial score (nSPS) is 20.4. The maximum absolute atomic E-state index is 9.30. The van der Waals surface area contributed by atoms with Crippen LogP contribution >= 0.6 is 0 Å². The van der Waals surface area contributed by atoms with Crippen molar-refractivity contribution in [2.24, 2.45) is 5.92 Å². The van der Waals surface area contributed by atoms with Gasteiger partial charge in [0.1, 0.15) is 11.5 Å². The quantitative estimate of drug-likeness (QED) is 0.563. The van der Waals surface area contributed by atoms with Crippen LogP contribution < -0.4 is 0 Å².